The van der Waals surface area contributed by atoms with Gasteiger partial charge in [-0.25, -0.2) is 0 Å². The van der Waals surface area contributed by atoms with E-state index in [-0.39, 0.29) is 0 Å². The van der Waals surface area contributed by atoms with E-state index in [1.807, 2.05) is 47.2 Å². The van der Waals surface area contributed by atoms with E-state index >= 15 is 0 Å². The number of pyridine rings is 1. The third kappa shape index (κ3) is 2.61. The zero-order valence-corrected chi connectivity index (χ0v) is 9.63. The number of hydrogen-bond acceptors (Lipinski definition) is 2. The molecule has 0 unspecified atom stereocenters. The first-order valence-corrected chi connectivity index (χ1v) is 5.35. The van der Waals surface area contributed by atoms with Crippen molar-refractivity contribution in [2.45, 2.75) is 6.54 Å². The van der Waals surface area contributed by atoms with Crippen LogP contribution in [0, 0.1) is 11.3 Å². The molecule has 1 aromatic carbocycles. The minimum Gasteiger partial charge on any atom is -0.496 e. The van der Waals surface area contributed by atoms with Crippen LogP contribution in [0.4, 0.5) is 0 Å². The van der Waals surface area contributed by atoms with Gasteiger partial charge in [-0.3, -0.25) is 0 Å². The summed E-state index contributed by atoms with van der Waals surface area (Å²) in [5.74, 6) is 0.700. The zero-order valence-electron chi connectivity index (χ0n) is 9.63. The van der Waals surface area contributed by atoms with Gasteiger partial charge < -0.3 is 4.74 Å². The van der Waals surface area contributed by atoms with Crippen molar-refractivity contribution < 1.29 is 9.30 Å². The SMILES string of the molecule is COc1cc[n+](Cc2ccccc2)c(C#N)c1. The first kappa shape index (κ1) is 11.2. The maximum absolute atomic E-state index is 9.09. The first-order chi connectivity index (χ1) is 8.33. The molecule has 0 amide bonds. The number of nitrogens with zero attached hydrogens (tertiary/aromatic N) is 2. The summed E-state index contributed by atoms with van der Waals surface area (Å²) in [4.78, 5) is 0. The van der Waals surface area contributed by atoms with Crippen molar-refractivity contribution in [1.82, 2.24) is 0 Å². The van der Waals surface area contributed by atoms with Crippen LogP contribution in [0.5, 0.6) is 5.75 Å². The Morgan fingerprint density at radius 1 is 1.24 bits per heavy atom. The van der Waals surface area contributed by atoms with E-state index in [9.17, 15) is 0 Å². The maximum atomic E-state index is 9.09. The summed E-state index contributed by atoms with van der Waals surface area (Å²) < 4.78 is 7.00. The standard InChI is InChI=1S/C14H13N2O/c1-17-14-7-8-16(13(9-14)10-15)11-12-5-3-2-4-6-12/h2-9H,11H2,1H3/q+1. The maximum Gasteiger partial charge on any atom is 0.287 e. The fourth-order valence-corrected chi connectivity index (χ4v) is 1.65. The van der Waals surface area contributed by atoms with Crippen molar-refractivity contribution >= 4 is 0 Å². The van der Waals surface area contributed by atoms with Gasteiger partial charge in [0.25, 0.3) is 5.69 Å². The van der Waals surface area contributed by atoms with Crippen LogP contribution < -0.4 is 9.30 Å². The minimum absolute atomic E-state index is 0.591. The Morgan fingerprint density at radius 3 is 2.65 bits per heavy atom. The highest BCUT2D eigenvalue weighted by molar-refractivity contribution is 5.26. The molecule has 3 nitrogen and oxygen atoms in total. The lowest BCUT2D eigenvalue weighted by Crippen LogP contribution is -2.37. The largest absolute Gasteiger partial charge is 0.496 e. The summed E-state index contributed by atoms with van der Waals surface area (Å²) in [6.07, 6.45) is 1.87. The van der Waals surface area contributed by atoms with Crippen LogP contribution in [0.2, 0.25) is 0 Å². The molecule has 84 valence electrons. The third-order valence-corrected chi connectivity index (χ3v) is 2.55. The van der Waals surface area contributed by atoms with Crippen molar-refractivity contribution in [2.75, 3.05) is 7.11 Å². The molecular formula is C14H13N2O+. The average molecular weight is 225 g/mol. The molecular weight excluding hydrogens is 212 g/mol. The second-order valence-corrected chi connectivity index (χ2v) is 3.68. The molecule has 2 rings (SSSR count). The third-order valence-electron chi connectivity index (χ3n) is 2.55. The molecule has 2 aromatic rings. The predicted octanol–water partition coefficient (Wildman–Crippen LogP) is 1.90. The number of aromatic nitrogens is 1. The number of hydrogen-bond donors (Lipinski definition) is 0. The van der Waals surface area contributed by atoms with Crippen molar-refractivity contribution in [1.29, 1.82) is 5.26 Å². The molecule has 3 heteroatoms. The molecule has 0 fully saturated rings. The highest BCUT2D eigenvalue weighted by atomic mass is 16.5. The van der Waals surface area contributed by atoms with Crippen LogP contribution in [0.3, 0.4) is 0 Å². The lowest BCUT2D eigenvalue weighted by atomic mass is 10.2. The van der Waals surface area contributed by atoms with E-state index < -0.39 is 0 Å². The normalized spacial score (nSPS) is 9.65. The second-order valence-electron chi connectivity index (χ2n) is 3.68. The highest BCUT2D eigenvalue weighted by Crippen LogP contribution is 2.09. The van der Waals surface area contributed by atoms with E-state index in [1.165, 1.54) is 5.56 Å². The Kier molecular flexibility index (Phi) is 3.37. The number of rotatable bonds is 3. The quantitative estimate of drug-likeness (QED) is 0.748. The lowest BCUT2D eigenvalue weighted by molar-refractivity contribution is -0.690. The molecule has 0 spiro atoms. The van der Waals surface area contributed by atoms with Gasteiger partial charge in [-0.1, -0.05) is 30.3 Å². The van der Waals surface area contributed by atoms with Crippen LogP contribution in [-0.2, 0) is 6.54 Å². The molecule has 0 aliphatic carbocycles. The number of ether oxygens (including phenoxy) is 1. The van der Waals surface area contributed by atoms with Crippen LogP contribution in [0.1, 0.15) is 11.3 Å². The van der Waals surface area contributed by atoms with Crippen molar-refractivity contribution in [3.05, 3.63) is 59.9 Å². The van der Waals surface area contributed by atoms with Gasteiger partial charge in [-0.2, -0.15) is 9.83 Å². The Balaban J connectivity index is 2.31. The van der Waals surface area contributed by atoms with Crippen LogP contribution >= 0.6 is 0 Å². The Morgan fingerprint density at radius 2 is 2.00 bits per heavy atom. The molecule has 17 heavy (non-hydrogen) atoms. The molecule has 0 aliphatic rings. The molecule has 1 aromatic heterocycles. The summed E-state index contributed by atoms with van der Waals surface area (Å²) in [5, 5.41) is 9.09. The van der Waals surface area contributed by atoms with E-state index in [0.717, 1.165) is 0 Å². The number of benzene rings is 1. The Labute approximate surface area is 101 Å². The fraction of sp³-hybridized carbons (Fsp3) is 0.143. The van der Waals surface area contributed by atoms with E-state index in [2.05, 4.69) is 6.07 Å². The van der Waals surface area contributed by atoms with Crippen molar-refractivity contribution in [3.63, 3.8) is 0 Å². The molecule has 0 radical (unpaired) electrons. The van der Waals surface area contributed by atoms with Gasteiger partial charge in [-0.15, -0.1) is 0 Å². The zero-order chi connectivity index (χ0) is 12.1. The van der Waals surface area contributed by atoms with Gasteiger partial charge in [0, 0.05) is 11.6 Å². The van der Waals surface area contributed by atoms with Gasteiger partial charge >= 0.3 is 0 Å². The molecule has 1 heterocycles. The molecule has 0 aliphatic heterocycles. The van der Waals surface area contributed by atoms with Gasteiger partial charge in [0.05, 0.1) is 13.2 Å². The molecule has 0 N–H and O–H groups in total. The second kappa shape index (κ2) is 5.13. The van der Waals surface area contributed by atoms with Crippen molar-refractivity contribution in [2.24, 2.45) is 0 Å². The molecule has 0 atom stereocenters. The molecule has 0 bridgehead atoms. The monoisotopic (exact) mass is 225 g/mol. The average Bonchev–Trinajstić information content (AvgIpc) is 2.40. The smallest absolute Gasteiger partial charge is 0.287 e. The van der Waals surface area contributed by atoms with Gasteiger partial charge in [0.2, 0.25) is 0 Å². The summed E-state index contributed by atoms with van der Waals surface area (Å²) in [6.45, 7) is 0.688. The number of nitriles is 1. The van der Waals surface area contributed by atoms with Gasteiger partial charge in [-0.05, 0) is 0 Å². The highest BCUT2D eigenvalue weighted by Gasteiger charge is 2.11. The lowest BCUT2D eigenvalue weighted by Gasteiger charge is -2.01. The first-order valence-electron chi connectivity index (χ1n) is 5.35. The van der Waals surface area contributed by atoms with Crippen LogP contribution in [-0.4, -0.2) is 7.11 Å². The summed E-state index contributed by atoms with van der Waals surface area (Å²) >= 11 is 0. The van der Waals surface area contributed by atoms with Crippen molar-refractivity contribution in [3.8, 4) is 11.8 Å². The van der Waals surface area contributed by atoms with Crippen LogP contribution in [0.25, 0.3) is 0 Å². The van der Waals surface area contributed by atoms with Crippen LogP contribution in [0.15, 0.2) is 48.7 Å². The summed E-state index contributed by atoms with van der Waals surface area (Å²) in [6, 6.07) is 15.8. The summed E-state index contributed by atoms with van der Waals surface area (Å²) in [7, 11) is 1.60. The van der Waals surface area contributed by atoms with E-state index in [4.69, 9.17) is 10.00 Å². The van der Waals surface area contributed by atoms with E-state index in [1.54, 1.807) is 13.2 Å². The molecule has 0 saturated carbocycles. The number of methoxy groups -OCH3 is 1. The fourth-order valence-electron chi connectivity index (χ4n) is 1.65. The minimum atomic E-state index is 0.591. The van der Waals surface area contributed by atoms with E-state index in [0.29, 0.717) is 18.0 Å². The predicted molar refractivity (Wildman–Crippen MR) is 63.4 cm³/mol. The Bertz CT molecular complexity index is 544. The summed E-state index contributed by atoms with van der Waals surface area (Å²) in [5.41, 5.74) is 1.76. The Hall–Kier alpha value is -2.34. The molecule has 0 saturated heterocycles. The topological polar surface area (TPSA) is 36.9 Å². The van der Waals surface area contributed by atoms with Gasteiger partial charge in [0.1, 0.15) is 5.75 Å². The van der Waals surface area contributed by atoms with Gasteiger partial charge in [0.15, 0.2) is 18.8 Å².